The Kier molecular flexibility index (Phi) is 5.89. The van der Waals surface area contributed by atoms with Crippen molar-refractivity contribution < 1.29 is 13.2 Å². The molecule has 1 atom stereocenters. The zero-order chi connectivity index (χ0) is 17.9. The molecule has 7 heteroatoms. The summed E-state index contributed by atoms with van der Waals surface area (Å²) in [7, 11) is -2.92. The molecule has 1 N–H and O–H groups in total. The normalized spacial score (nSPS) is 24.0. The molecule has 2 fully saturated rings. The largest absolute Gasteiger partial charge is 0.338 e. The Morgan fingerprint density at radius 2 is 2.00 bits per heavy atom. The minimum absolute atomic E-state index is 0.0479. The molecule has 1 aromatic carbocycles. The molecule has 0 aliphatic carbocycles. The molecule has 2 aliphatic rings. The average Bonchev–Trinajstić information content (AvgIpc) is 2.59. The summed E-state index contributed by atoms with van der Waals surface area (Å²) >= 11 is 6.06. The second-order valence-electron chi connectivity index (χ2n) is 7.12. The van der Waals surface area contributed by atoms with Crippen LogP contribution in [0.15, 0.2) is 24.3 Å². The molecule has 0 bridgehead atoms. The van der Waals surface area contributed by atoms with E-state index < -0.39 is 9.84 Å². The van der Waals surface area contributed by atoms with Gasteiger partial charge in [-0.05, 0) is 55.2 Å². The number of urea groups is 1. The zero-order valence-corrected chi connectivity index (χ0v) is 15.9. The summed E-state index contributed by atoms with van der Waals surface area (Å²) in [5.41, 5.74) is 1.24. The Balaban J connectivity index is 1.45. The van der Waals surface area contributed by atoms with Crippen LogP contribution in [0, 0.1) is 5.92 Å². The predicted molar refractivity (Wildman–Crippen MR) is 99.8 cm³/mol. The van der Waals surface area contributed by atoms with Crippen LogP contribution >= 0.6 is 11.6 Å². The van der Waals surface area contributed by atoms with Crippen molar-refractivity contribution in [2.45, 2.75) is 31.6 Å². The van der Waals surface area contributed by atoms with Crippen molar-refractivity contribution in [3.63, 3.8) is 0 Å². The van der Waals surface area contributed by atoms with Crippen LogP contribution < -0.4 is 5.32 Å². The smallest absolute Gasteiger partial charge is 0.317 e. The summed E-state index contributed by atoms with van der Waals surface area (Å²) in [5, 5.41) is 3.68. The van der Waals surface area contributed by atoms with Gasteiger partial charge in [-0.2, -0.15) is 0 Å². The number of nitrogens with zero attached hydrogens (tertiary/aromatic N) is 1. The molecule has 1 aromatic rings. The number of halogens is 1. The average molecular weight is 385 g/mol. The summed E-state index contributed by atoms with van der Waals surface area (Å²) in [6, 6.07) is 7.86. The molecule has 0 radical (unpaired) electrons. The van der Waals surface area contributed by atoms with Gasteiger partial charge in [0.25, 0.3) is 0 Å². The van der Waals surface area contributed by atoms with Gasteiger partial charge < -0.3 is 10.2 Å². The first-order chi connectivity index (χ1) is 11.9. The molecule has 25 heavy (non-hydrogen) atoms. The van der Waals surface area contributed by atoms with E-state index >= 15 is 0 Å². The van der Waals surface area contributed by atoms with E-state index in [9.17, 15) is 13.2 Å². The van der Waals surface area contributed by atoms with Gasteiger partial charge >= 0.3 is 6.03 Å². The predicted octanol–water partition coefficient (Wildman–Crippen LogP) is 3.05. The summed E-state index contributed by atoms with van der Waals surface area (Å²) in [6.45, 7) is 1.88. The highest BCUT2D eigenvalue weighted by atomic mass is 35.5. The molecule has 5 nitrogen and oxygen atoms in total. The van der Waals surface area contributed by atoms with E-state index in [1.54, 1.807) is 0 Å². The molecule has 2 heterocycles. The lowest BCUT2D eigenvalue weighted by Gasteiger charge is -2.33. The van der Waals surface area contributed by atoms with Crippen molar-refractivity contribution >= 4 is 27.5 Å². The number of sulfone groups is 1. The van der Waals surface area contributed by atoms with Crippen molar-refractivity contribution in [3.8, 4) is 0 Å². The lowest BCUT2D eigenvalue weighted by Crippen LogP contribution is -2.46. The van der Waals surface area contributed by atoms with E-state index in [1.165, 1.54) is 5.56 Å². The maximum Gasteiger partial charge on any atom is 0.317 e. The minimum Gasteiger partial charge on any atom is -0.338 e. The molecule has 1 unspecified atom stereocenters. The highest BCUT2D eigenvalue weighted by Gasteiger charge is 2.27. The standard InChI is InChI=1S/C18H25ClN2O3S/c19-17-5-1-4-16(11-17)15-6-8-21(9-7-15)18(22)20-12-14-3-2-10-25(23,24)13-14/h1,4-5,11,14-15H,2-3,6-10,12-13H2,(H,20,22). The number of carbonyl (C=O) groups is 1. The maximum absolute atomic E-state index is 12.3. The minimum atomic E-state index is -2.92. The van der Waals surface area contributed by atoms with Crippen LogP contribution in [-0.4, -0.2) is 50.5 Å². The lowest BCUT2D eigenvalue weighted by atomic mass is 9.89. The lowest BCUT2D eigenvalue weighted by molar-refractivity contribution is 0.179. The highest BCUT2D eigenvalue weighted by Crippen LogP contribution is 2.29. The number of rotatable bonds is 3. The molecule has 138 valence electrons. The Morgan fingerprint density at radius 3 is 2.68 bits per heavy atom. The highest BCUT2D eigenvalue weighted by molar-refractivity contribution is 7.91. The van der Waals surface area contributed by atoms with Gasteiger partial charge in [0.1, 0.15) is 0 Å². The third kappa shape index (κ3) is 5.11. The Labute approximate surface area is 154 Å². The van der Waals surface area contributed by atoms with Gasteiger partial charge in [0.2, 0.25) is 0 Å². The van der Waals surface area contributed by atoms with E-state index in [0.29, 0.717) is 32.0 Å². The summed E-state index contributed by atoms with van der Waals surface area (Å²) < 4.78 is 23.3. The van der Waals surface area contributed by atoms with Gasteiger partial charge in [-0.25, -0.2) is 13.2 Å². The van der Waals surface area contributed by atoms with E-state index in [-0.39, 0.29) is 23.5 Å². The molecule has 2 amide bonds. The fourth-order valence-corrected chi connectivity index (χ4v) is 5.77. The van der Waals surface area contributed by atoms with Crippen LogP contribution in [0.5, 0.6) is 0 Å². The van der Waals surface area contributed by atoms with Gasteiger partial charge in [0, 0.05) is 24.7 Å². The fraction of sp³-hybridized carbons (Fsp3) is 0.611. The van der Waals surface area contributed by atoms with Crippen molar-refractivity contribution in [2.24, 2.45) is 5.92 Å². The van der Waals surface area contributed by atoms with Gasteiger partial charge in [-0.1, -0.05) is 23.7 Å². The first kappa shape index (κ1) is 18.5. The van der Waals surface area contributed by atoms with E-state index in [2.05, 4.69) is 11.4 Å². The first-order valence-corrected chi connectivity index (χ1v) is 11.1. The van der Waals surface area contributed by atoms with Crippen molar-refractivity contribution in [1.29, 1.82) is 0 Å². The number of hydrogen-bond acceptors (Lipinski definition) is 3. The van der Waals surface area contributed by atoms with Gasteiger partial charge in [-0.3, -0.25) is 0 Å². The maximum atomic E-state index is 12.3. The molecule has 2 saturated heterocycles. The van der Waals surface area contributed by atoms with Crippen LogP contribution in [0.3, 0.4) is 0 Å². The van der Waals surface area contributed by atoms with Crippen LogP contribution in [0.1, 0.15) is 37.2 Å². The summed E-state index contributed by atoms with van der Waals surface area (Å²) in [6.07, 6.45) is 3.42. The van der Waals surface area contributed by atoms with Gasteiger partial charge in [0.15, 0.2) is 9.84 Å². The number of hydrogen-bond donors (Lipinski definition) is 1. The van der Waals surface area contributed by atoms with E-state index in [4.69, 9.17) is 11.6 Å². The molecular weight excluding hydrogens is 360 g/mol. The third-order valence-corrected chi connectivity index (χ3v) is 7.33. The molecule has 0 aromatic heterocycles. The molecule has 2 aliphatic heterocycles. The number of likely N-dealkylation sites (tertiary alicyclic amines) is 1. The van der Waals surface area contributed by atoms with E-state index in [1.807, 2.05) is 23.1 Å². The third-order valence-electron chi connectivity index (χ3n) is 5.20. The second-order valence-corrected chi connectivity index (χ2v) is 9.79. The second kappa shape index (κ2) is 7.96. The fourth-order valence-electron chi connectivity index (χ4n) is 3.80. The van der Waals surface area contributed by atoms with Crippen LogP contribution in [0.2, 0.25) is 5.02 Å². The van der Waals surface area contributed by atoms with Crippen LogP contribution in [0.4, 0.5) is 4.79 Å². The Hall–Kier alpha value is -1.27. The quantitative estimate of drug-likeness (QED) is 0.870. The molecule has 0 spiro atoms. The molecule has 0 saturated carbocycles. The van der Waals surface area contributed by atoms with Crippen molar-refractivity contribution in [1.82, 2.24) is 10.2 Å². The molecular formula is C18H25ClN2O3S. The number of carbonyl (C=O) groups excluding carboxylic acids is 1. The van der Waals surface area contributed by atoms with Crippen LogP contribution in [0.25, 0.3) is 0 Å². The van der Waals surface area contributed by atoms with Crippen LogP contribution in [-0.2, 0) is 9.84 Å². The molecule has 3 rings (SSSR count). The topological polar surface area (TPSA) is 66.5 Å². The summed E-state index contributed by atoms with van der Waals surface area (Å²) in [4.78, 5) is 14.2. The Morgan fingerprint density at radius 1 is 1.24 bits per heavy atom. The van der Waals surface area contributed by atoms with Gasteiger partial charge in [0.05, 0.1) is 11.5 Å². The number of benzene rings is 1. The van der Waals surface area contributed by atoms with Crippen molar-refractivity contribution in [3.05, 3.63) is 34.9 Å². The van der Waals surface area contributed by atoms with Gasteiger partial charge in [-0.15, -0.1) is 0 Å². The zero-order valence-electron chi connectivity index (χ0n) is 14.3. The van der Waals surface area contributed by atoms with Crippen molar-refractivity contribution in [2.75, 3.05) is 31.1 Å². The number of nitrogens with one attached hydrogen (secondary N) is 1. The Bertz CT molecular complexity index is 715. The summed E-state index contributed by atoms with van der Waals surface area (Å²) in [5.74, 6) is 0.969. The number of amides is 2. The first-order valence-electron chi connectivity index (χ1n) is 8.91. The SMILES string of the molecule is O=C(NCC1CCCS(=O)(=O)C1)N1CCC(c2cccc(Cl)c2)CC1. The monoisotopic (exact) mass is 384 g/mol. The number of piperidine rings is 1. The van der Waals surface area contributed by atoms with E-state index in [0.717, 1.165) is 24.3 Å².